The molecule has 2 heterocycles. The molecule has 0 aliphatic carbocycles. The number of β-lactam (4-membered cyclic amide) rings is 1. The molecule has 3 aromatic carbocycles. The Morgan fingerprint density at radius 2 is 1.26 bits per heavy atom. The number of carboxylic acid groups (broad SMARTS) is 1. The number of amides is 3. The Morgan fingerprint density at radius 3 is 1.78 bits per heavy atom. The van der Waals surface area contributed by atoms with Gasteiger partial charge in [-0.05, 0) is 48.9 Å². The fourth-order valence-electron chi connectivity index (χ4n) is 6.05. The molecule has 1 unspecified atom stereocenters. The number of hydrogen-bond acceptors (Lipinski definition) is 16. The van der Waals surface area contributed by atoms with Gasteiger partial charge in [0.1, 0.15) is 24.1 Å². The molecule has 0 saturated carbocycles. The number of nitrogens with zero attached hydrogens (tertiary/aromatic N) is 1. The number of rotatable bonds is 13. The zero-order valence-corrected chi connectivity index (χ0v) is 34.7. The van der Waals surface area contributed by atoms with Crippen LogP contribution in [0.15, 0.2) is 66.7 Å². The van der Waals surface area contributed by atoms with Crippen molar-refractivity contribution in [3.8, 4) is 23.0 Å². The largest absolute Gasteiger partial charge is 1.00 e. The number of aliphatic carboxylic acids is 1. The van der Waals surface area contributed by atoms with Crippen LogP contribution in [0, 0.1) is 0 Å². The monoisotopic (exact) mass is 827 g/mol. The fourth-order valence-corrected chi connectivity index (χ4v) is 7.73. The third kappa shape index (κ3) is 10.2. The summed E-state index contributed by atoms with van der Waals surface area (Å²) in [6.07, 6.45) is 0. The van der Waals surface area contributed by atoms with Crippen molar-refractivity contribution in [3.05, 3.63) is 83.4 Å². The van der Waals surface area contributed by atoms with Crippen LogP contribution in [0.4, 0.5) is 0 Å². The Morgan fingerprint density at radius 1 is 0.759 bits per heavy atom. The molecule has 0 bridgehead atoms. The van der Waals surface area contributed by atoms with Crippen molar-refractivity contribution in [2.45, 2.75) is 62.9 Å². The van der Waals surface area contributed by atoms with Crippen molar-refractivity contribution in [1.29, 1.82) is 0 Å². The van der Waals surface area contributed by atoms with Gasteiger partial charge in [-0.25, -0.2) is 4.79 Å². The molecule has 58 heavy (non-hydrogen) atoms. The van der Waals surface area contributed by atoms with Gasteiger partial charge < -0.3 is 49.1 Å². The first-order chi connectivity index (χ1) is 26.9. The summed E-state index contributed by atoms with van der Waals surface area (Å²) in [6.45, 7) is 5.34. The summed E-state index contributed by atoms with van der Waals surface area (Å²) in [7, 11) is 0. The number of esters is 5. The van der Waals surface area contributed by atoms with E-state index in [0.717, 1.165) is 56.5 Å². The smallest absolute Gasteiger partial charge is 0.548 e. The summed E-state index contributed by atoms with van der Waals surface area (Å²) in [6, 6.07) is 10.9. The van der Waals surface area contributed by atoms with E-state index in [-0.39, 0.29) is 63.7 Å². The van der Waals surface area contributed by atoms with E-state index in [0.29, 0.717) is 5.56 Å². The number of fused-ring (bicyclic) bond motifs is 1. The molecule has 0 radical (unpaired) electrons. The zero-order valence-electron chi connectivity index (χ0n) is 31.8. The average Bonchev–Trinajstić information content (AvgIpc) is 3.42. The number of thioether (sulfide) groups is 1. The van der Waals surface area contributed by atoms with Gasteiger partial charge in [-0.1, -0.05) is 30.3 Å². The molecule has 0 spiro atoms. The predicted octanol–water partition coefficient (Wildman–Crippen LogP) is -2.00. The molecular weight excluding hydrogens is 793 g/mol. The third-order valence-electron chi connectivity index (χ3n) is 8.41. The molecule has 5 atom stereocenters. The minimum Gasteiger partial charge on any atom is -0.548 e. The van der Waals surface area contributed by atoms with Crippen LogP contribution in [0.5, 0.6) is 23.0 Å². The van der Waals surface area contributed by atoms with Crippen LogP contribution in [0.25, 0.3) is 0 Å². The van der Waals surface area contributed by atoms with Gasteiger partial charge in [0.25, 0.3) is 5.91 Å². The molecule has 298 valence electrons. The van der Waals surface area contributed by atoms with Crippen LogP contribution in [0.3, 0.4) is 0 Å². The predicted molar refractivity (Wildman–Crippen MR) is 192 cm³/mol. The van der Waals surface area contributed by atoms with E-state index in [1.807, 2.05) is 0 Å². The minimum absolute atomic E-state index is 0. The molecular formula is C38H34N3NaO15S. The van der Waals surface area contributed by atoms with Gasteiger partial charge in [0.2, 0.25) is 11.8 Å². The molecule has 3 aromatic rings. The van der Waals surface area contributed by atoms with Crippen molar-refractivity contribution in [2.75, 3.05) is 6.61 Å². The SMILES string of the molecule is CC(=O)Oc1ccc(C(=O)NC(C(=O)N[C@@H]2C(=O)N3[C@@H]2S[C@@](C)(COC(=O)c2ccc(OC(C)=O)c(OC(C)=O)c2)[C@@H]3C(=O)[O-])c2ccccc2)cc1OC(C)=O.[Na+]. The average molecular weight is 828 g/mol. The van der Waals surface area contributed by atoms with E-state index in [2.05, 4.69) is 10.6 Å². The first-order valence-electron chi connectivity index (χ1n) is 16.9. The molecule has 2 N–H and O–H groups in total. The molecule has 5 rings (SSSR count). The van der Waals surface area contributed by atoms with Crippen molar-refractivity contribution in [1.82, 2.24) is 15.5 Å². The maximum atomic E-state index is 13.9. The van der Waals surface area contributed by atoms with Crippen molar-refractivity contribution in [2.24, 2.45) is 0 Å². The molecule has 3 amide bonds. The molecule has 2 saturated heterocycles. The molecule has 0 aromatic heterocycles. The molecule has 2 aliphatic rings. The Kier molecular flexibility index (Phi) is 14.5. The van der Waals surface area contributed by atoms with E-state index >= 15 is 0 Å². The maximum absolute atomic E-state index is 13.9. The van der Waals surface area contributed by atoms with E-state index in [1.54, 1.807) is 30.3 Å². The van der Waals surface area contributed by atoms with Crippen molar-refractivity contribution >= 4 is 65.3 Å². The van der Waals surface area contributed by atoms with Gasteiger partial charge >= 0.3 is 59.4 Å². The fraction of sp³-hybridized carbons (Fsp3) is 0.289. The third-order valence-corrected chi connectivity index (χ3v) is 10.0. The maximum Gasteiger partial charge on any atom is 1.00 e. The van der Waals surface area contributed by atoms with Crippen molar-refractivity contribution < 1.29 is 101 Å². The Labute approximate surface area is 356 Å². The summed E-state index contributed by atoms with van der Waals surface area (Å²) in [5, 5.41) is 16.7. The van der Waals surface area contributed by atoms with E-state index < -0.39 is 88.4 Å². The van der Waals surface area contributed by atoms with Crippen LogP contribution >= 0.6 is 11.8 Å². The second kappa shape index (κ2) is 18.7. The van der Waals surface area contributed by atoms with Gasteiger partial charge in [-0.15, -0.1) is 11.8 Å². The van der Waals surface area contributed by atoms with Gasteiger partial charge in [-0.3, -0.25) is 33.6 Å². The minimum atomic E-state index is -1.65. The van der Waals surface area contributed by atoms with Gasteiger partial charge in [0, 0.05) is 33.3 Å². The molecule has 2 fully saturated rings. The Bertz CT molecular complexity index is 2180. The summed E-state index contributed by atoms with van der Waals surface area (Å²) in [4.78, 5) is 114. The number of carbonyl (C=O) groups excluding carboxylic acids is 9. The van der Waals surface area contributed by atoms with Crippen LogP contribution in [-0.4, -0.2) is 87.2 Å². The Balaban J connectivity index is 0.00000744. The van der Waals surface area contributed by atoms with Gasteiger partial charge in [0.15, 0.2) is 23.0 Å². The normalized spacial score (nSPS) is 19.4. The van der Waals surface area contributed by atoms with Crippen LogP contribution in [-0.2, 0) is 38.3 Å². The molecule has 20 heteroatoms. The first kappa shape index (κ1) is 44.9. The second-order valence-corrected chi connectivity index (χ2v) is 14.5. The second-order valence-electron chi connectivity index (χ2n) is 12.9. The number of ether oxygens (including phenoxy) is 5. The van der Waals surface area contributed by atoms with E-state index in [4.69, 9.17) is 23.7 Å². The number of hydrogen-bond donors (Lipinski definition) is 2. The topological polar surface area (TPSA) is 250 Å². The standard InChI is InChI=1S/C38H35N3O15S.Na/c1-18(42)53-25-13-11-23(15-27(25)55-20(3)44)32(46)39-29(22-9-7-6-8-10-22)33(47)40-30-34(48)41-31(36(49)50)38(5,57-35(30)41)17-52-37(51)24-12-14-26(54-19(2)43)28(16-24)56-21(4)45;/h6-16,29-31,35H,17H2,1-5H3,(H,39,46)(H,40,47)(H,49,50);/q;+1/p-1/t29?,30-,31+,35-,38+;/m1./s1. The number of carbonyl (C=O) groups is 9. The van der Waals surface area contributed by atoms with Crippen LogP contribution in [0.2, 0.25) is 0 Å². The summed E-state index contributed by atoms with van der Waals surface area (Å²) in [5.41, 5.74) is 0.0864. The summed E-state index contributed by atoms with van der Waals surface area (Å²) >= 11 is 0.942. The molecule has 18 nitrogen and oxygen atoms in total. The molecule has 2 aliphatic heterocycles. The number of carboxylic acids is 1. The zero-order chi connectivity index (χ0) is 41.8. The summed E-state index contributed by atoms with van der Waals surface area (Å²) < 4.78 is 24.2. The summed E-state index contributed by atoms with van der Waals surface area (Å²) in [5.74, 6) is -8.74. The van der Waals surface area contributed by atoms with Gasteiger partial charge in [0.05, 0.1) is 22.3 Å². The number of benzene rings is 3. The Hall–Kier alpha value is -5.76. The first-order valence-corrected chi connectivity index (χ1v) is 17.8. The van der Waals surface area contributed by atoms with Crippen LogP contribution in [0.1, 0.15) is 66.9 Å². The van der Waals surface area contributed by atoms with Crippen LogP contribution < -0.4 is 64.2 Å². The van der Waals surface area contributed by atoms with E-state index in [9.17, 15) is 48.3 Å². The van der Waals surface area contributed by atoms with E-state index in [1.165, 1.54) is 31.2 Å². The van der Waals surface area contributed by atoms with Crippen molar-refractivity contribution in [3.63, 3.8) is 0 Å². The quantitative estimate of drug-likeness (QED) is 0.0818. The number of nitrogens with one attached hydrogen (secondary N) is 2. The van der Waals surface area contributed by atoms with Gasteiger partial charge in [-0.2, -0.15) is 0 Å².